The van der Waals surface area contributed by atoms with Crippen LogP contribution in [0.2, 0.25) is 19.6 Å². The van der Waals surface area contributed by atoms with Crippen LogP contribution in [0.15, 0.2) is 24.3 Å². The normalized spacial score (nSPS) is 28.6. The van der Waals surface area contributed by atoms with Gasteiger partial charge in [0.1, 0.15) is 0 Å². The molecule has 0 radical (unpaired) electrons. The molecule has 2 nitrogen and oxygen atoms in total. The van der Waals surface area contributed by atoms with Gasteiger partial charge in [0.25, 0.3) is 0 Å². The second kappa shape index (κ2) is 6.10. The maximum Gasteiger partial charge on any atom is 0.0780 e. The number of hydrogen-bond acceptors (Lipinski definition) is 2. The van der Waals surface area contributed by atoms with Crippen LogP contribution in [0.4, 0.5) is 0 Å². The minimum atomic E-state index is -1.28. The minimum absolute atomic E-state index is 0.566. The Morgan fingerprint density at radius 2 is 1.59 bits per heavy atom. The SMILES string of the molecule is C[C@@H](c1ccccc1[Si](C)(C)C)N1C[C@@H]2C[C@@H](CN(C)C2)C1. The van der Waals surface area contributed by atoms with Crippen LogP contribution in [0.3, 0.4) is 0 Å². The van der Waals surface area contributed by atoms with Crippen molar-refractivity contribution < 1.29 is 0 Å². The van der Waals surface area contributed by atoms with Gasteiger partial charge in [-0.1, -0.05) is 49.1 Å². The van der Waals surface area contributed by atoms with E-state index >= 15 is 0 Å². The van der Waals surface area contributed by atoms with Gasteiger partial charge in [0.15, 0.2) is 0 Å². The van der Waals surface area contributed by atoms with Crippen molar-refractivity contribution >= 4 is 13.3 Å². The van der Waals surface area contributed by atoms with Gasteiger partial charge in [0.2, 0.25) is 0 Å². The Labute approximate surface area is 137 Å². The van der Waals surface area contributed by atoms with E-state index in [0.717, 1.165) is 11.8 Å². The van der Waals surface area contributed by atoms with Crippen LogP contribution < -0.4 is 5.19 Å². The highest BCUT2D eigenvalue weighted by molar-refractivity contribution is 6.89. The monoisotopic (exact) mass is 316 g/mol. The summed E-state index contributed by atoms with van der Waals surface area (Å²) in [5.74, 6) is 1.75. The lowest BCUT2D eigenvalue weighted by Crippen LogP contribution is -2.53. The maximum absolute atomic E-state index is 2.77. The summed E-state index contributed by atoms with van der Waals surface area (Å²) in [4.78, 5) is 5.31. The fourth-order valence-electron chi connectivity index (χ4n) is 4.64. The number of benzene rings is 1. The van der Waals surface area contributed by atoms with Gasteiger partial charge in [-0.05, 0) is 37.8 Å². The van der Waals surface area contributed by atoms with E-state index in [4.69, 9.17) is 0 Å². The number of hydrogen-bond donors (Lipinski definition) is 0. The van der Waals surface area contributed by atoms with Gasteiger partial charge in [-0.3, -0.25) is 4.90 Å². The summed E-state index contributed by atoms with van der Waals surface area (Å²) in [6.45, 7) is 15.0. The van der Waals surface area contributed by atoms with E-state index in [9.17, 15) is 0 Å². The molecule has 122 valence electrons. The van der Waals surface area contributed by atoms with Gasteiger partial charge in [-0.25, -0.2) is 0 Å². The molecular weight excluding hydrogens is 284 g/mol. The Hall–Kier alpha value is -0.643. The zero-order valence-corrected chi connectivity index (χ0v) is 16.0. The standard InChI is InChI=1S/C19H32N2Si/c1-15(18-8-6-7-9-19(18)22(3,4)5)21-13-16-10-17(14-21)12-20(2)11-16/h6-9,15-17H,10-14H2,1-5H3/t15-,16-,17+/m0/s1. The molecule has 0 aliphatic carbocycles. The molecule has 3 heteroatoms. The zero-order valence-electron chi connectivity index (χ0n) is 15.0. The Balaban J connectivity index is 1.82. The van der Waals surface area contributed by atoms with Crippen molar-refractivity contribution in [3.63, 3.8) is 0 Å². The number of fused-ring (bicyclic) bond motifs is 2. The van der Waals surface area contributed by atoms with Crippen molar-refractivity contribution in [1.29, 1.82) is 0 Å². The first-order valence-electron chi connectivity index (χ1n) is 8.86. The van der Waals surface area contributed by atoms with Crippen molar-refractivity contribution in [3.05, 3.63) is 29.8 Å². The highest BCUT2D eigenvalue weighted by Crippen LogP contribution is 2.32. The number of rotatable bonds is 3. The third-order valence-corrected chi connectivity index (χ3v) is 7.63. The molecule has 0 spiro atoms. The third kappa shape index (κ3) is 3.32. The lowest BCUT2D eigenvalue weighted by molar-refractivity contribution is 0.0238. The van der Waals surface area contributed by atoms with Gasteiger partial charge >= 0.3 is 0 Å². The topological polar surface area (TPSA) is 6.48 Å². The zero-order chi connectivity index (χ0) is 15.9. The molecule has 0 unspecified atom stereocenters. The molecule has 0 amide bonds. The predicted molar refractivity (Wildman–Crippen MR) is 98.5 cm³/mol. The van der Waals surface area contributed by atoms with Gasteiger partial charge in [-0.15, -0.1) is 0 Å². The molecule has 2 fully saturated rings. The van der Waals surface area contributed by atoms with Crippen molar-refractivity contribution in [2.24, 2.45) is 11.8 Å². The van der Waals surface area contributed by atoms with Gasteiger partial charge in [0.05, 0.1) is 8.07 Å². The smallest absolute Gasteiger partial charge is 0.0780 e. The molecule has 2 aliphatic rings. The molecular formula is C19H32N2Si. The minimum Gasteiger partial charge on any atom is -0.306 e. The Bertz CT molecular complexity index is 504. The van der Waals surface area contributed by atoms with Crippen LogP contribution in [0.1, 0.15) is 24.9 Å². The molecule has 2 saturated heterocycles. The molecule has 2 heterocycles. The van der Waals surface area contributed by atoms with E-state index in [1.54, 1.807) is 10.8 Å². The summed E-state index contributed by atoms with van der Waals surface area (Å²) in [7, 11) is 1.01. The Morgan fingerprint density at radius 3 is 2.18 bits per heavy atom. The van der Waals surface area contributed by atoms with E-state index in [1.807, 2.05) is 0 Å². The maximum atomic E-state index is 2.77. The van der Waals surface area contributed by atoms with Crippen molar-refractivity contribution in [2.45, 2.75) is 39.0 Å². The van der Waals surface area contributed by atoms with E-state index in [0.29, 0.717) is 6.04 Å². The summed E-state index contributed by atoms with van der Waals surface area (Å²) in [6.07, 6.45) is 1.45. The highest BCUT2D eigenvalue weighted by atomic mass is 28.3. The number of piperidine rings is 2. The summed E-state index contributed by atoms with van der Waals surface area (Å²) >= 11 is 0. The molecule has 0 aromatic heterocycles. The lowest BCUT2D eigenvalue weighted by atomic mass is 9.84. The average molecular weight is 317 g/mol. The molecule has 3 rings (SSSR count). The Kier molecular flexibility index (Phi) is 4.50. The Morgan fingerprint density at radius 1 is 1.00 bits per heavy atom. The predicted octanol–water partition coefficient (Wildman–Crippen LogP) is 3.18. The van der Waals surface area contributed by atoms with Crippen LogP contribution in [0.5, 0.6) is 0 Å². The lowest BCUT2D eigenvalue weighted by Gasteiger charge is -2.47. The van der Waals surface area contributed by atoms with E-state index in [1.165, 1.54) is 32.6 Å². The van der Waals surface area contributed by atoms with E-state index in [-0.39, 0.29) is 0 Å². The van der Waals surface area contributed by atoms with Crippen LogP contribution >= 0.6 is 0 Å². The fraction of sp³-hybridized carbons (Fsp3) is 0.684. The van der Waals surface area contributed by atoms with Crippen molar-refractivity contribution in [3.8, 4) is 0 Å². The van der Waals surface area contributed by atoms with Crippen LogP contribution in [-0.2, 0) is 0 Å². The first kappa shape index (κ1) is 16.2. The van der Waals surface area contributed by atoms with Crippen molar-refractivity contribution in [1.82, 2.24) is 9.80 Å². The van der Waals surface area contributed by atoms with Gasteiger partial charge in [0, 0.05) is 32.2 Å². The second-order valence-electron chi connectivity index (χ2n) is 8.66. The van der Waals surface area contributed by atoms with Crippen LogP contribution in [0.25, 0.3) is 0 Å². The van der Waals surface area contributed by atoms with Crippen LogP contribution in [0, 0.1) is 11.8 Å². The molecule has 3 atom stereocenters. The molecule has 1 aromatic carbocycles. The summed E-state index contributed by atoms with van der Waals surface area (Å²) in [5, 5.41) is 1.65. The number of likely N-dealkylation sites (tertiary alicyclic amines) is 2. The average Bonchev–Trinajstić information content (AvgIpc) is 2.44. The first-order valence-corrected chi connectivity index (χ1v) is 12.4. The summed E-state index contributed by atoms with van der Waals surface area (Å²) < 4.78 is 0. The fourth-order valence-corrected chi connectivity index (χ4v) is 6.39. The molecule has 1 aromatic rings. The quantitative estimate of drug-likeness (QED) is 0.790. The molecule has 22 heavy (non-hydrogen) atoms. The van der Waals surface area contributed by atoms with E-state index < -0.39 is 8.07 Å². The molecule has 0 N–H and O–H groups in total. The summed E-state index contributed by atoms with van der Waals surface area (Å²) in [5.41, 5.74) is 1.59. The van der Waals surface area contributed by atoms with Crippen molar-refractivity contribution in [2.75, 3.05) is 33.2 Å². The van der Waals surface area contributed by atoms with Gasteiger partial charge < -0.3 is 4.90 Å². The third-order valence-electron chi connectivity index (χ3n) is 5.56. The number of nitrogens with zero attached hydrogens (tertiary/aromatic N) is 2. The van der Waals surface area contributed by atoms with E-state index in [2.05, 4.69) is 67.7 Å². The molecule has 2 bridgehead atoms. The summed E-state index contributed by atoms with van der Waals surface area (Å²) in [6, 6.07) is 9.79. The largest absolute Gasteiger partial charge is 0.306 e. The second-order valence-corrected chi connectivity index (χ2v) is 13.7. The van der Waals surface area contributed by atoms with Crippen LogP contribution in [-0.4, -0.2) is 51.1 Å². The highest BCUT2D eigenvalue weighted by Gasteiger charge is 2.35. The molecule has 2 aliphatic heterocycles. The molecule has 0 saturated carbocycles. The van der Waals surface area contributed by atoms with Gasteiger partial charge in [-0.2, -0.15) is 0 Å². The first-order chi connectivity index (χ1) is 10.3.